The molecule has 1 unspecified atom stereocenters. The van der Waals surface area contributed by atoms with Gasteiger partial charge in [0.05, 0.1) is 6.61 Å². The lowest BCUT2D eigenvalue weighted by Crippen LogP contribution is -2.35. The predicted octanol–water partition coefficient (Wildman–Crippen LogP) is 2.48. The molecule has 1 aliphatic heterocycles. The molecule has 1 aromatic heterocycles. The molecule has 5 heteroatoms. The molecular weight excluding hydrogens is 232 g/mol. The van der Waals surface area contributed by atoms with Crippen LogP contribution in [0, 0.1) is 0 Å². The van der Waals surface area contributed by atoms with Gasteiger partial charge in [0.2, 0.25) is 0 Å². The van der Waals surface area contributed by atoms with Crippen LogP contribution in [-0.2, 0) is 0 Å². The van der Waals surface area contributed by atoms with E-state index >= 15 is 0 Å². The van der Waals surface area contributed by atoms with E-state index < -0.39 is 0 Å². The minimum Gasteiger partial charge on any atom is -0.470 e. The number of halogens is 1. The fourth-order valence-corrected chi connectivity index (χ4v) is 2.25. The second-order valence-corrected chi connectivity index (χ2v) is 4.44. The largest absolute Gasteiger partial charge is 0.470 e. The highest BCUT2D eigenvalue weighted by Gasteiger charge is 2.12. The van der Waals surface area contributed by atoms with Crippen molar-refractivity contribution < 1.29 is 4.74 Å². The van der Waals surface area contributed by atoms with Crippen molar-refractivity contribution in [1.82, 2.24) is 10.3 Å². The molecule has 0 radical (unpaired) electrons. The van der Waals surface area contributed by atoms with Gasteiger partial charge in [-0.1, -0.05) is 17.8 Å². The van der Waals surface area contributed by atoms with Crippen LogP contribution in [-0.4, -0.2) is 24.2 Å². The topological polar surface area (TPSA) is 34.1 Å². The molecule has 1 fully saturated rings. The van der Waals surface area contributed by atoms with E-state index in [-0.39, 0.29) is 12.4 Å². The van der Waals surface area contributed by atoms with Crippen LogP contribution < -0.4 is 10.1 Å². The van der Waals surface area contributed by atoms with Crippen LogP contribution in [0.15, 0.2) is 11.6 Å². The number of hydrogen-bond acceptors (Lipinski definition) is 4. The fraction of sp³-hybridized carbons (Fsp3) is 0.700. The van der Waals surface area contributed by atoms with Crippen LogP contribution >= 0.6 is 23.7 Å². The zero-order chi connectivity index (χ0) is 9.64. The van der Waals surface area contributed by atoms with Crippen LogP contribution in [0.1, 0.15) is 25.7 Å². The summed E-state index contributed by atoms with van der Waals surface area (Å²) in [7, 11) is 0. The minimum absolute atomic E-state index is 0. The summed E-state index contributed by atoms with van der Waals surface area (Å²) < 4.78 is 5.52. The summed E-state index contributed by atoms with van der Waals surface area (Å²) in [5, 5.41) is 6.23. The zero-order valence-corrected chi connectivity index (χ0v) is 10.3. The number of hydrogen-bond donors (Lipinski definition) is 1. The smallest absolute Gasteiger partial charge is 0.273 e. The van der Waals surface area contributed by atoms with Gasteiger partial charge < -0.3 is 10.1 Å². The summed E-state index contributed by atoms with van der Waals surface area (Å²) in [6.07, 6.45) is 6.85. The molecule has 0 aliphatic carbocycles. The van der Waals surface area contributed by atoms with Gasteiger partial charge in [0.25, 0.3) is 5.19 Å². The quantitative estimate of drug-likeness (QED) is 0.889. The van der Waals surface area contributed by atoms with E-state index in [9.17, 15) is 0 Å². The Balaban J connectivity index is 0.00000112. The average Bonchev–Trinajstić information content (AvgIpc) is 2.72. The molecule has 0 amide bonds. The standard InChI is InChI=1S/C10H16N2OS.ClH/c1-2-5-11-9(3-1)4-7-13-10-12-6-8-14-10;/h6,8-9,11H,1-5,7H2;1H. The third kappa shape index (κ3) is 4.36. The predicted molar refractivity (Wildman–Crippen MR) is 65.1 cm³/mol. The van der Waals surface area contributed by atoms with Crippen LogP contribution in [0.5, 0.6) is 5.19 Å². The third-order valence-corrected chi connectivity index (χ3v) is 3.20. The molecule has 1 atom stereocenters. The van der Waals surface area contributed by atoms with E-state index in [1.165, 1.54) is 25.8 Å². The molecule has 0 saturated carbocycles. The first-order valence-corrected chi connectivity index (χ1v) is 6.09. The van der Waals surface area contributed by atoms with Crippen LogP contribution in [0.2, 0.25) is 0 Å². The first-order valence-electron chi connectivity index (χ1n) is 5.21. The molecule has 15 heavy (non-hydrogen) atoms. The van der Waals surface area contributed by atoms with E-state index in [4.69, 9.17) is 4.74 Å². The highest BCUT2D eigenvalue weighted by atomic mass is 35.5. The lowest BCUT2D eigenvalue weighted by atomic mass is 10.0. The summed E-state index contributed by atoms with van der Waals surface area (Å²) >= 11 is 1.56. The van der Waals surface area contributed by atoms with Crippen molar-refractivity contribution in [1.29, 1.82) is 0 Å². The van der Waals surface area contributed by atoms with Crippen molar-refractivity contribution in [3.05, 3.63) is 11.6 Å². The van der Waals surface area contributed by atoms with Gasteiger partial charge >= 0.3 is 0 Å². The van der Waals surface area contributed by atoms with Gasteiger partial charge in [-0.15, -0.1) is 12.4 Å². The fourth-order valence-electron chi connectivity index (χ4n) is 1.74. The van der Waals surface area contributed by atoms with E-state index in [0.29, 0.717) is 6.04 Å². The Kier molecular flexibility index (Phi) is 5.98. The lowest BCUT2D eigenvalue weighted by Gasteiger charge is -2.22. The van der Waals surface area contributed by atoms with Crippen LogP contribution in [0.25, 0.3) is 0 Å². The zero-order valence-electron chi connectivity index (χ0n) is 8.65. The number of aromatic nitrogens is 1. The highest BCUT2D eigenvalue weighted by molar-refractivity contribution is 7.11. The van der Waals surface area contributed by atoms with Crippen LogP contribution in [0.4, 0.5) is 0 Å². The average molecular weight is 249 g/mol. The number of nitrogens with zero attached hydrogens (tertiary/aromatic N) is 1. The highest BCUT2D eigenvalue weighted by Crippen LogP contribution is 2.15. The number of nitrogens with one attached hydrogen (secondary N) is 1. The molecule has 0 spiro atoms. The maximum atomic E-state index is 5.52. The van der Waals surface area contributed by atoms with Crippen molar-refractivity contribution >= 4 is 23.7 Å². The summed E-state index contributed by atoms with van der Waals surface area (Å²) in [5.74, 6) is 0. The van der Waals surface area contributed by atoms with Crippen molar-refractivity contribution in [2.45, 2.75) is 31.7 Å². The van der Waals surface area contributed by atoms with Crippen molar-refractivity contribution in [3.63, 3.8) is 0 Å². The van der Waals surface area contributed by atoms with E-state index in [0.717, 1.165) is 18.2 Å². The maximum absolute atomic E-state index is 5.52. The van der Waals surface area contributed by atoms with Crippen molar-refractivity contribution in [3.8, 4) is 5.19 Å². The molecule has 2 rings (SSSR count). The molecule has 3 nitrogen and oxygen atoms in total. The number of piperidine rings is 1. The molecule has 0 bridgehead atoms. The summed E-state index contributed by atoms with van der Waals surface area (Å²) in [6.45, 7) is 1.95. The first kappa shape index (κ1) is 12.7. The first-order chi connectivity index (χ1) is 6.95. The van der Waals surface area contributed by atoms with Gasteiger partial charge in [0, 0.05) is 17.6 Å². The SMILES string of the molecule is Cl.c1csc(OCCC2CCCCN2)n1. The third-order valence-electron chi connectivity index (χ3n) is 2.51. The molecule has 1 aromatic rings. The van der Waals surface area contributed by atoms with Gasteiger partial charge in [-0.3, -0.25) is 0 Å². The molecule has 1 N–H and O–H groups in total. The second kappa shape index (κ2) is 7.04. The van der Waals surface area contributed by atoms with Crippen LogP contribution in [0.3, 0.4) is 0 Å². The van der Waals surface area contributed by atoms with Gasteiger partial charge in [-0.25, -0.2) is 4.98 Å². The Morgan fingerprint density at radius 3 is 3.13 bits per heavy atom. The molecule has 86 valence electrons. The van der Waals surface area contributed by atoms with E-state index in [2.05, 4.69) is 10.3 Å². The van der Waals surface area contributed by atoms with Crippen molar-refractivity contribution in [2.75, 3.05) is 13.2 Å². The Morgan fingerprint density at radius 2 is 2.47 bits per heavy atom. The van der Waals surface area contributed by atoms with Gasteiger partial charge in [0.1, 0.15) is 0 Å². The van der Waals surface area contributed by atoms with Crippen molar-refractivity contribution in [2.24, 2.45) is 0 Å². The second-order valence-electron chi connectivity index (χ2n) is 3.58. The number of ether oxygens (including phenoxy) is 1. The lowest BCUT2D eigenvalue weighted by molar-refractivity contribution is 0.267. The number of rotatable bonds is 4. The molecule has 0 aromatic carbocycles. The normalized spacial score (nSPS) is 20.7. The Morgan fingerprint density at radius 1 is 1.53 bits per heavy atom. The number of thiazole rings is 1. The van der Waals surface area contributed by atoms with E-state index in [1.807, 2.05) is 5.38 Å². The summed E-state index contributed by atoms with van der Waals surface area (Å²) in [6, 6.07) is 0.656. The molecule has 1 saturated heterocycles. The summed E-state index contributed by atoms with van der Waals surface area (Å²) in [4.78, 5) is 4.07. The Labute approximate surface area is 101 Å². The Hall–Kier alpha value is -0.320. The monoisotopic (exact) mass is 248 g/mol. The van der Waals surface area contributed by atoms with Gasteiger partial charge in [0.15, 0.2) is 0 Å². The van der Waals surface area contributed by atoms with Gasteiger partial charge in [-0.2, -0.15) is 0 Å². The molecular formula is C10H17ClN2OS. The van der Waals surface area contributed by atoms with Gasteiger partial charge in [-0.05, 0) is 25.8 Å². The maximum Gasteiger partial charge on any atom is 0.273 e. The van der Waals surface area contributed by atoms with E-state index in [1.54, 1.807) is 17.5 Å². The Bertz CT molecular complexity index is 250. The molecule has 2 heterocycles. The minimum atomic E-state index is 0. The summed E-state index contributed by atoms with van der Waals surface area (Å²) in [5.41, 5.74) is 0. The molecule has 1 aliphatic rings.